The van der Waals surface area contributed by atoms with Gasteiger partial charge in [0.2, 0.25) is 0 Å². The maximum absolute atomic E-state index is 15.2. The van der Waals surface area contributed by atoms with Crippen LogP contribution in [0, 0.1) is 5.82 Å². The van der Waals surface area contributed by atoms with Crippen molar-refractivity contribution in [1.82, 2.24) is 10.2 Å². The number of fused-ring (bicyclic) bond motifs is 1. The number of piperidine rings is 1. The summed E-state index contributed by atoms with van der Waals surface area (Å²) in [6, 6.07) is 11.6. The van der Waals surface area contributed by atoms with Crippen LogP contribution in [0.3, 0.4) is 0 Å². The zero-order chi connectivity index (χ0) is 21.1. The molecular weight excluding hydrogens is 412 g/mol. The topological polar surface area (TPSA) is 53.6 Å². The number of carbonyl (C=O) groups is 1. The molecule has 5 nitrogen and oxygen atoms in total. The number of rotatable bonds is 5. The lowest BCUT2D eigenvalue weighted by Crippen LogP contribution is -2.50. The summed E-state index contributed by atoms with van der Waals surface area (Å²) in [4.78, 5) is 14.2. The highest BCUT2D eigenvalue weighted by Crippen LogP contribution is 2.29. The normalized spacial score (nSPS) is 20.1. The Labute approximate surface area is 179 Å². The number of nitrogens with zero attached hydrogens (tertiary/aromatic N) is 1. The number of amides is 1. The van der Waals surface area contributed by atoms with E-state index in [1.54, 1.807) is 4.90 Å². The molecule has 1 saturated heterocycles. The molecule has 2 aromatic rings. The molecule has 0 aliphatic carbocycles. The van der Waals surface area contributed by atoms with Crippen LogP contribution in [0.15, 0.2) is 42.5 Å². The van der Waals surface area contributed by atoms with Crippen LogP contribution < -0.4 is 15.4 Å². The van der Waals surface area contributed by atoms with Gasteiger partial charge in [0.15, 0.2) is 0 Å². The molecule has 1 fully saturated rings. The van der Waals surface area contributed by atoms with Crippen LogP contribution in [-0.2, 0) is 0 Å². The number of para-hydroxylation sites is 2. The SMILES string of the molecule is O=C(c1ccc(F)c(Cl)c1)N1CCC(F)(CNCC2CNc3ccccc3O2)CC1. The van der Waals surface area contributed by atoms with Crippen LogP contribution in [0.2, 0.25) is 5.02 Å². The van der Waals surface area contributed by atoms with Crippen molar-refractivity contribution < 1.29 is 18.3 Å². The Bertz CT molecular complexity index is 919. The van der Waals surface area contributed by atoms with Crippen LogP contribution in [-0.4, -0.2) is 55.3 Å². The van der Waals surface area contributed by atoms with Crippen molar-refractivity contribution in [3.05, 3.63) is 58.9 Å². The zero-order valence-corrected chi connectivity index (χ0v) is 17.2. The van der Waals surface area contributed by atoms with E-state index in [1.165, 1.54) is 18.2 Å². The lowest BCUT2D eigenvalue weighted by Gasteiger charge is -2.37. The lowest BCUT2D eigenvalue weighted by atomic mass is 9.92. The number of hydrogen-bond donors (Lipinski definition) is 2. The van der Waals surface area contributed by atoms with E-state index < -0.39 is 11.5 Å². The molecule has 30 heavy (non-hydrogen) atoms. The van der Waals surface area contributed by atoms with Crippen molar-refractivity contribution >= 4 is 23.2 Å². The van der Waals surface area contributed by atoms with Gasteiger partial charge in [0.25, 0.3) is 5.91 Å². The third-order valence-corrected chi connectivity index (χ3v) is 5.92. The van der Waals surface area contributed by atoms with Crippen molar-refractivity contribution in [2.75, 3.05) is 38.0 Å². The predicted molar refractivity (Wildman–Crippen MR) is 113 cm³/mol. The summed E-state index contributed by atoms with van der Waals surface area (Å²) in [6.07, 6.45) is 0.411. The first-order chi connectivity index (χ1) is 14.4. The number of likely N-dealkylation sites (tertiary alicyclic amines) is 1. The highest BCUT2D eigenvalue weighted by atomic mass is 35.5. The van der Waals surface area contributed by atoms with E-state index in [1.807, 2.05) is 24.3 Å². The summed E-state index contributed by atoms with van der Waals surface area (Å²) < 4.78 is 34.4. The molecule has 0 spiro atoms. The summed E-state index contributed by atoms with van der Waals surface area (Å²) in [6.45, 7) is 2.01. The number of carbonyl (C=O) groups excluding carboxylic acids is 1. The van der Waals surface area contributed by atoms with Crippen LogP contribution in [0.25, 0.3) is 0 Å². The fourth-order valence-corrected chi connectivity index (χ4v) is 4.01. The first kappa shape index (κ1) is 20.9. The van der Waals surface area contributed by atoms with Gasteiger partial charge < -0.3 is 20.3 Å². The van der Waals surface area contributed by atoms with Gasteiger partial charge in [-0.05, 0) is 30.3 Å². The predicted octanol–water partition coefficient (Wildman–Crippen LogP) is 3.89. The molecule has 1 unspecified atom stereocenters. The first-order valence-corrected chi connectivity index (χ1v) is 10.4. The Morgan fingerprint density at radius 1 is 1.27 bits per heavy atom. The number of hydrogen-bond acceptors (Lipinski definition) is 4. The van der Waals surface area contributed by atoms with Crippen molar-refractivity contribution in [2.24, 2.45) is 0 Å². The van der Waals surface area contributed by atoms with Gasteiger partial charge in [0.1, 0.15) is 23.3 Å². The van der Waals surface area contributed by atoms with E-state index >= 15 is 4.39 Å². The number of benzene rings is 2. The lowest BCUT2D eigenvalue weighted by molar-refractivity contribution is 0.0425. The largest absolute Gasteiger partial charge is 0.485 e. The third-order valence-electron chi connectivity index (χ3n) is 5.63. The maximum Gasteiger partial charge on any atom is 0.253 e. The smallest absolute Gasteiger partial charge is 0.253 e. The molecule has 4 rings (SSSR count). The van der Waals surface area contributed by atoms with E-state index in [0.717, 1.165) is 11.4 Å². The number of ether oxygens (including phenoxy) is 1. The quantitative estimate of drug-likeness (QED) is 0.748. The number of halogens is 3. The highest BCUT2D eigenvalue weighted by Gasteiger charge is 2.36. The van der Waals surface area contributed by atoms with Crippen molar-refractivity contribution in [3.8, 4) is 5.75 Å². The van der Waals surface area contributed by atoms with E-state index in [0.29, 0.717) is 31.7 Å². The Balaban J connectivity index is 1.24. The third kappa shape index (κ3) is 4.68. The number of alkyl halides is 1. The Morgan fingerprint density at radius 2 is 2.03 bits per heavy atom. The summed E-state index contributed by atoms with van der Waals surface area (Å²) in [7, 11) is 0. The fourth-order valence-electron chi connectivity index (χ4n) is 3.83. The Kier molecular flexibility index (Phi) is 6.11. The van der Waals surface area contributed by atoms with Gasteiger partial charge in [-0.2, -0.15) is 0 Å². The minimum absolute atomic E-state index is 0.0756. The van der Waals surface area contributed by atoms with Crippen molar-refractivity contribution in [3.63, 3.8) is 0 Å². The molecule has 0 saturated carbocycles. The highest BCUT2D eigenvalue weighted by molar-refractivity contribution is 6.31. The Morgan fingerprint density at radius 3 is 2.80 bits per heavy atom. The molecule has 160 valence electrons. The molecule has 0 bridgehead atoms. The average molecular weight is 436 g/mol. The number of nitrogens with one attached hydrogen (secondary N) is 2. The van der Waals surface area contributed by atoms with E-state index in [-0.39, 0.29) is 36.4 Å². The molecule has 2 aromatic carbocycles. The second kappa shape index (κ2) is 8.78. The molecule has 1 amide bonds. The van der Waals surface area contributed by atoms with Crippen LogP contribution >= 0.6 is 11.6 Å². The fraction of sp³-hybridized carbons (Fsp3) is 0.409. The van der Waals surface area contributed by atoms with Gasteiger partial charge in [-0.25, -0.2) is 8.78 Å². The van der Waals surface area contributed by atoms with E-state index in [2.05, 4.69) is 10.6 Å². The standard InChI is InChI=1S/C22H24ClF2N3O2/c23-17-11-15(5-6-18(17)24)21(29)28-9-7-22(25,8-10-28)14-26-12-16-13-27-19-3-1-2-4-20(19)30-16/h1-6,11,16,26-27H,7-10,12-14H2. The molecule has 0 aromatic heterocycles. The Hall–Kier alpha value is -2.38. The molecule has 0 radical (unpaired) electrons. The monoisotopic (exact) mass is 435 g/mol. The van der Waals surface area contributed by atoms with E-state index in [9.17, 15) is 9.18 Å². The van der Waals surface area contributed by atoms with Gasteiger partial charge in [-0.15, -0.1) is 0 Å². The summed E-state index contributed by atoms with van der Waals surface area (Å²) >= 11 is 5.76. The maximum atomic E-state index is 15.2. The summed E-state index contributed by atoms with van der Waals surface area (Å²) in [5, 5.41) is 6.41. The van der Waals surface area contributed by atoms with Gasteiger partial charge in [-0.1, -0.05) is 23.7 Å². The zero-order valence-electron chi connectivity index (χ0n) is 16.5. The molecule has 2 N–H and O–H groups in total. The van der Waals surface area contributed by atoms with Crippen molar-refractivity contribution in [2.45, 2.75) is 24.6 Å². The summed E-state index contributed by atoms with van der Waals surface area (Å²) in [5.74, 6) is -0.0215. The van der Waals surface area contributed by atoms with Crippen LogP contribution in [0.4, 0.5) is 14.5 Å². The molecule has 2 aliphatic heterocycles. The molecule has 2 heterocycles. The van der Waals surface area contributed by atoms with Crippen LogP contribution in [0.5, 0.6) is 5.75 Å². The number of anilines is 1. The first-order valence-electron chi connectivity index (χ1n) is 10.1. The van der Waals surface area contributed by atoms with E-state index in [4.69, 9.17) is 16.3 Å². The molecule has 2 aliphatic rings. The second-order valence-electron chi connectivity index (χ2n) is 7.82. The molecular formula is C22H24ClF2N3O2. The molecule has 8 heteroatoms. The van der Waals surface area contributed by atoms with Gasteiger partial charge in [0, 0.05) is 44.6 Å². The second-order valence-corrected chi connectivity index (χ2v) is 8.23. The van der Waals surface area contributed by atoms with Gasteiger partial charge in [0.05, 0.1) is 17.3 Å². The minimum atomic E-state index is -1.38. The average Bonchev–Trinajstić information content (AvgIpc) is 2.75. The van der Waals surface area contributed by atoms with Gasteiger partial charge >= 0.3 is 0 Å². The minimum Gasteiger partial charge on any atom is -0.485 e. The molecule has 1 atom stereocenters. The summed E-state index contributed by atoms with van der Waals surface area (Å²) in [5.41, 5.74) is -0.0969. The van der Waals surface area contributed by atoms with Crippen molar-refractivity contribution in [1.29, 1.82) is 0 Å². The van der Waals surface area contributed by atoms with Crippen LogP contribution in [0.1, 0.15) is 23.2 Å². The van der Waals surface area contributed by atoms with Gasteiger partial charge in [-0.3, -0.25) is 4.79 Å².